The maximum Gasteiger partial charge on any atom is 0.387 e. The fourth-order valence-corrected chi connectivity index (χ4v) is 3.15. The highest BCUT2D eigenvalue weighted by atomic mass is 19.3. The van der Waals surface area contributed by atoms with Gasteiger partial charge in [-0.25, -0.2) is 0 Å². The van der Waals surface area contributed by atoms with Crippen molar-refractivity contribution < 1.29 is 18.3 Å². The summed E-state index contributed by atoms with van der Waals surface area (Å²) >= 11 is 0. The van der Waals surface area contributed by atoms with Gasteiger partial charge in [-0.2, -0.15) is 8.78 Å². The van der Waals surface area contributed by atoms with Crippen molar-refractivity contribution >= 4 is 11.6 Å². The average molecular weight is 331 g/mol. The number of fused-ring (bicyclic) bond motifs is 1. The minimum absolute atomic E-state index is 0.0837. The molecule has 0 spiro atoms. The highest BCUT2D eigenvalue weighted by Crippen LogP contribution is 2.32. The van der Waals surface area contributed by atoms with Gasteiger partial charge >= 0.3 is 6.61 Å². The van der Waals surface area contributed by atoms with Crippen LogP contribution >= 0.6 is 0 Å². The number of alkyl halides is 2. The van der Waals surface area contributed by atoms with Crippen molar-refractivity contribution in [2.24, 2.45) is 0 Å². The van der Waals surface area contributed by atoms with Gasteiger partial charge in [0.25, 0.3) is 0 Å². The van der Waals surface area contributed by atoms with E-state index in [1.54, 1.807) is 12.1 Å². The van der Waals surface area contributed by atoms with Gasteiger partial charge in [0.15, 0.2) is 0 Å². The van der Waals surface area contributed by atoms with Gasteiger partial charge in [0.05, 0.1) is 0 Å². The summed E-state index contributed by atoms with van der Waals surface area (Å²) in [5.41, 5.74) is 3.12. The van der Waals surface area contributed by atoms with Crippen LogP contribution in [0.5, 0.6) is 5.75 Å². The Morgan fingerprint density at radius 1 is 1.21 bits per heavy atom. The van der Waals surface area contributed by atoms with Gasteiger partial charge in [-0.1, -0.05) is 30.3 Å². The van der Waals surface area contributed by atoms with Gasteiger partial charge in [-0.05, 0) is 49.1 Å². The zero-order chi connectivity index (χ0) is 17.1. The maximum absolute atomic E-state index is 12.6. The highest BCUT2D eigenvalue weighted by Gasteiger charge is 2.29. The first-order valence-electron chi connectivity index (χ1n) is 7.98. The molecule has 0 N–H and O–H groups in total. The van der Waals surface area contributed by atoms with Crippen molar-refractivity contribution in [3.8, 4) is 5.75 Å². The molecule has 0 fully saturated rings. The summed E-state index contributed by atoms with van der Waals surface area (Å²) in [7, 11) is 0. The number of rotatable bonds is 5. The van der Waals surface area contributed by atoms with Gasteiger partial charge in [-0.3, -0.25) is 4.79 Å². The third-order valence-corrected chi connectivity index (χ3v) is 4.25. The number of carbonyl (C=O) groups excluding carboxylic acids is 1. The predicted molar refractivity (Wildman–Crippen MR) is 88.5 cm³/mol. The molecule has 2 aromatic carbocycles. The molecule has 0 aromatic heterocycles. The Kier molecular flexibility index (Phi) is 4.79. The Labute approximate surface area is 139 Å². The Morgan fingerprint density at radius 2 is 1.92 bits per heavy atom. The number of hydrogen-bond donors (Lipinski definition) is 0. The number of aryl methyl sites for hydroxylation is 1. The zero-order valence-electron chi connectivity index (χ0n) is 13.4. The number of carbonyl (C=O) groups is 1. The lowest BCUT2D eigenvalue weighted by molar-refractivity contribution is -0.118. The van der Waals surface area contributed by atoms with E-state index >= 15 is 0 Å². The van der Waals surface area contributed by atoms with Crippen molar-refractivity contribution in [3.05, 3.63) is 59.7 Å². The first-order chi connectivity index (χ1) is 11.5. The highest BCUT2D eigenvalue weighted by molar-refractivity contribution is 5.96. The molecule has 3 rings (SSSR count). The van der Waals surface area contributed by atoms with Crippen molar-refractivity contribution in [1.82, 2.24) is 0 Å². The second-order valence-corrected chi connectivity index (χ2v) is 5.97. The third-order valence-electron chi connectivity index (χ3n) is 4.25. The number of nitrogens with zero attached hydrogens (tertiary/aromatic N) is 1. The minimum atomic E-state index is -2.82. The van der Waals surface area contributed by atoms with Crippen LogP contribution in [0.15, 0.2) is 48.5 Å². The molecule has 0 aliphatic carbocycles. The smallest absolute Gasteiger partial charge is 0.387 e. The van der Waals surface area contributed by atoms with Gasteiger partial charge < -0.3 is 9.64 Å². The SMILES string of the molecule is CC1Cc2ccccc2N1C(=O)CCc1ccc(OC(F)F)cc1. The maximum atomic E-state index is 12.6. The Hall–Kier alpha value is -2.43. The van der Waals surface area contributed by atoms with Crippen molar-refractivity contribution in [2.45, 2.75) is 38.8 Å². The summed E-state index contributed by atoms with van der Waals surface area (Å²) in [6.07, 6.45) is 1.83. The first kappa shape index (κ1) is 16.4. The standard InChI is InChI=1S/C19H19F2NO2/c1-13-12-15-4-2-3-5-17(15)22(13)18(23)11-8-14-6-9-16(10-7-14)24-19(20)21/h2-7,9-10,13,19H,8,11-12H2,1H3. The van der Waals surface area contributed by atoms with E-state index in [-0.39, 0.29) is 17.7 Å². The second kappa shape index (κ2) is 6.99. The van der Waals surface area contributed by atoms with Crippen LogP contribution in [0.1, 0.15) is 24.5 Å². The van der Waals surface area contributed by atoms with Crippen LogP contribution in [0, 0.1) is 0 Å². The molecule has 3 nitrogen and oxygen atoms in total. The van der Waals surface area contributed by atoms with E-state index in [1.165, 1.54) is 17.7 Å². The monoisotopic (exact) mass is 331 g/mol. The summed E-state index contributed by atoms with van der Waals surface area (Å²) in [6.45, 7) is -0.775. The number of amides is 1. The van der Waals surface area contributed by atoms with E-state index in [2.05, 4.69) is 10.8 Å². The number of para-hydroxylation sites is 1. The molecule has 1 aliphatic heterocycles. The van der Waals surface area contributed by atoms with Crippen molar-refractivity contribution in [3.63, 3.8) is 0 Å². The number of ether oxygens (including phenoxy) is 1. The average Bonchev–Trinajstić information content (AvgIpc) is 2.89. The van der Waals surface area contributed by atoms with Crippen LogP contribution in [-0.4, -0.2) is 18.6 Å². The van der Waals surface area contributed by atoms with E-state index in [4.69, 9.17) is 0 Å². The summed E-state index contributed by atoms with van der Waals surface area (Å²) in [5, 5.41) is 0. The van der Waals surface area contributed by atoms with E-state index in [0.717, 1.165) is 17.7 Å². The van der Waals surface area contributed by atoms with E-state index in [1.807, 2.05) is 30.0 Å². The fraction of sp³-hybridized carbons (Fsp3) is 0.316. The van der Waals surface area contributed by atoms with E-state index < -0.39 is 6.61 Å². The fourth-order valence-electron chi connectivity index (χ4n) is 3.15. The molecule has 24 heavy (non-hydrogen) atoms. The lowest BCUT2D eigenvalue weighted by atomic mass is 10.1. The number of anilines is 1. The molecule has 5 heteroatoms. The molecule has 0 saturated carbocycles. The van der Waals surface area contributed by atoms with Crippen LogP contribution in [-0.2, 0) is 17.6 Å². The van der Waals surface area contributed by atoms with Gasteiger partial charge in [0.2, 0.25) is 5.91 Å². The molecule has 0 radical (unpaired) electrons. The normalized spacial score (nSPS) is 16.3. The van der Waals surface area contributed by atoms with Crippen molar-refractivity contribution in [2.75, 3.05) is 4.90 Å². The Balaban J connectivity index is 1.62. The van der Waals surface area contributed by atoms with E-state index in [0.29, 0.717) is 12.8 Å². The van der Waals surface area contributed by atoms with Crippen molar-refractivity contribution in [1.29, 1.82) is 0 Å². The molecule has 0 saturated heterocycles. The molecule has 0 bridgehead atoms. The molecule has 126 valence electrons. The largest absolute Gasteiger partial charge is 0.435 e. The summed E-state index contributed by atoms with van der Waals surface area (Å²) in [5.74, 6) is 0.211. The molecule has 1 amide bonds. The second-order valence-electron chi connectivity index (χ2n) is 5.97. The van der Waals surface area contributed by atoms with Gasteiger partial charge in [0.1, 0.15) is 5.75 Å². The molecule has 1 unspecified atom stereocenters. The van der Waals surface area contributed by atoms with Crippen LogP contribution in [0.3, 0.4) is 0 Å². The molecule has 1 aliphatic rings. The lowest BCUT2D eigenvalue weighted by Gasteiger charge is -2.22. The summed E-state index contributed by atoms with van der Waals surface area (Å²) in [6, 6.07) is 14.6. The summed E-state index contributed by atoms with van der Waals surface area (Å²) < 4.78 is 28.6. The van der Waals surface area contributed by atoms with E-state index in [9.17, 15) is 13.6 Å². The zero-order valence-corrected chi connectivity index (χ0v) is 13.4. The minimum Gasteiger partial charge on any atom is -0.435 e. The van der Waals surface area contributed by atoms with Crippen LogP contribution < -0.4 is 9.64 Å². The molecular formula is C19H19F2NO2. The third kappa shape index (κ3) is 3.55. The molecule has 1 atom stereocenters. The lowest BCUT2D eigenvalue weighted by Crippen LogP contribution is -2.35. The molecule has 1 heterocycles. The van der Waals surface area contributed by atoms with Crippen LogP contribution in [0.2, 0.25) is 0 Å². The Morgan fingerprint density at radius 3 is 2.62 bits per heavy atom. The van der Waals surface area contributed by atoms with Crippen LogP contribution in [0.4, 0.5) is 14.5 Å². The molecular weight excluding hydrogens is 312 g/mol. The molecule has 2 aromatic rings. The number of halogens is 2. The number of hydrogen-bond acceptors (Lipinski definition) is 2. The Bertz CT molecular complexity index is 716. The first-order valence-corrected chi connectivity index (χ1v) is 7.98. The quantitative estimate of drug-likeness (QED) is 0.822. The van der Waals surface area contributed by atoms with Crippen LogP contribution in [0.25, 0.3) is 0 Å². The topological polar surface area (TPSA) is 29.5 Å². The summed E-state index contributed by atoms with van der Waals surface area (Å²) in [4.78, 5) is 14.5. The number of benzene rings is 2. The van der Waals surface area contributed by atoms with Gasteiger partial charge in [0, 0.05) is 18.2 Å². The predicted octanol–water partition coefficient (Wildman–Crippen LogP) is 4.20. The van der Waals surface area contributed by atoms with Gasteiger partial charge in [-0.15, -0.1) is 0 Å².